The number of nitrogens with zero attached hydrogens (tertiary/aromatic N) is 4. The van der Waals surface area contributed by atoms with Crippen molar-refractivity contribution in [1.82, 2.24) is 19.9 Å². The van der Waals surface area contributed by atoms with Crippen LogP contribution >= 0.6 is 15.9 Å². The molecule has 144 valence electrons. The van der Waals surface area contributed by atoms with Crippen molar-refractivity contribution in [1.29, 1.82) is 0 Å². The van der Waals surface area contributed by atoms with Crippen LogP contribution in [0.2, 0.25) is 0 Å². The summed E-state index contributed by atoms with van der Waals surface area (Å²) in [5, 5.41) is 8.79. The van der Waals surface area contributed by atoms with Crippen LogP contribution < -0.4 is 0 Å². The lowest BCUT2D eigenvalue weighted by Crippen LogP contribution is -2.47. The van der Waals surface area contributed by atoms with Crippen LogP contribution in [-0.2, 0) is 16.6 Å². The average molecular weight is 431 g/mol. The topological polar surface area (TPSA) is 51.0 Å². The highest BCUT2D eigenvalue weighted by Gasteiger charge is 2.44. The molecule has 3 heterocycles. The molecule has 4 rings (SSSR count). The fraction of sp³-hybridized carbons (Fsp3) is 0.571. The highest BCUT2D eigenvalue weighted by Crippen LogP contribution is 2.41. The second-order valence-corrected chi connectivity index (χ2v) is 9.77. The van der Waals surface area contributed by atoms with Crippen LogP contribution in [0.25, 0.3) is 0 Å². The Morgan fingerprint density at radius 2 is 1.81 bits per heavy atom. The van der Waals surface area contributed by atoms with Gasteiger partial charge >= 0.3 is 0 Å². The fourth-order valence-electron chi connectivity index (χ4n) is 4.47. The minimum absolute atomic E-state index is 0.0109. The van der Waals surface area contributed by atoms with Gasteiger partial charge in [0.1, 0.15) is 0 Å². The van der Waals surface area contributed by atoms with Crippen LogP contribution in [-0.4, -0.2) is 37.9 Å². The summed E-state index contributed by atoms with van der Waals surface area (Å²) in [5.41, 5.74) is 2.11. The molecule has 5 nitrogen and oxygen atoms in total. The Hall–Kier alpha value is -1.69. The molecule has 2 aliphatic heterocycles. The zero-order valence-electron chi connectivity index (χ0n) is 16.2. The first kappa shape index (κ1) is 18.7. The van der Waals surface area contributed by atoms with E-state index in [2.05, 4.69) is 58.1 Å². The van der Waals surface area contributed by atoms with E-state index >= 15 is 0 Å². The molecule has 1 aromatic carbocycles. The van der Waals surface area contributed by atoms with E-state index in [0.717, 1.165) is 41.4 Å². The summed E-state index contributed by atoms with van der Waals surface area (Å²) < 4.78 is 3.06. The van der Waals surface area contributed by atoms with Crippen LogP contribution in [0.1, 0.15) is 63.8 Å². The van der Waals surface area contributed by atoms with Gasteiger partial charge in [0.15, 0.2) is 0 Å². The van der Waals surface area contributed by atoms with Crippen LogP contribution in [0.3, 0.4) is 0 Å². The number of carbonyl (C=O) groups is 1. The number of amides is 1. The lowest BCUT2D eigenvalue weighted by molar-refractivity contribution is -0.135. The molecule has 0 radical (unpaired) electrons. The molecule has 2 bridgehead atoms. The number of fused-ring (bicyclic) bond motifs is 2. The number of hydrogen-bond acceptors (Lipinski definition) is 3. The van der Waals surface area contributed by atoms with Crippen LogP contribution in [0.5, 0.6) is 0 Å². The Balaban J connectivity index is 1.47. The molecule has 1 aromatic heterocycles. The predicted octanol–water partition coefficient (Wildman–Crippen LogP) is 4.28. The molecule has 2 unspecified atom stereocenters. The number of benzene rings is 1. The minimum atomic E-state index is 0.0109. The molecule has 2 atom stereocenters. The smallest absolute Gasteiger partial charge is 0.227 e. The summed E-state index contributed by atoms with van der Waals surface area (Å²) in [5.74, 6) is 0.252. The van der Waals surface area contributed by atoms with Gasteiger partial charge in [0.25, 0.3) is 0 Å². The summed E-state index contributed by atoms with van der Waals surface area (Å²) in [7, 11) is 0. The van der Waals surface area contributed by atoms with Gasteiger partial charge in [0, 0.05) is 28.2 Å². The molecule has 1 amide bonds. The Bertz CT molecular complexity index is 827. The molecule has 27 heavy (non-hydrogen) atoms. The van der Waals surface area contributed by atoms with E-state index in [0.29, 0.717) is 24.5 Å². The van der Waals surface area contributed by atoms with E-state index in [4.69, 9.17) is 0 Å². The van der Waals surface area contributed by atoms with E-state index in [1.807, 2.05) is 28.9 Å². The van der Waals surface area contributed by atoms with Crippen molar-refractivity contribution in [3.05, 3.63) is 46.2 Å². The molecule has 0 spiro atoms. The van der Waals surface area contributed by atoms with Crippen molar-refractivity contribution in [3.8, 4) is 0 Å². The quantitative estimate of drug-likeness (QED) is 0.729. The van der Waals surface area contributed by atoms with Crippen molar-refractivity contribution < 1.29 is 4.79 Å². The van der Waals surface area contributed by atoms with Gasteiger partial charge in [-0.3, -0.25) is 4.79 Å². The summed E-state index contributed by atoms with van der Waals surface area (Å²) in [4.78, 5) is 15.2. The zero-order valence-corrected chi connectivity index (χ0v) is 17.8. The molecule has 2 aliphatic rings. The Labute approximate surface area is 169 Å². The van der Waals surface area contributed by atoms with Crippen molar-refractivity contribution in [2.24, 2.45) is 0 Å². The third kappa shape index (κ3) is 3.68. The highest BCUT2D eigenvalue weighted by atomic mass is 79.9. The molecule has 0 aliphatic carbocycles. The van der Waals surface area contributed by atoms with Gasteiger partial charge < -0.3 is 4.90 Å². The van der Waals surface area contributed by atoms with Crippen LogP contribution in [0, 0.1) is 0 Å². The van der Waals surface area contributed by atoms with Gasteiger partial charge in [-0.1, -0.05) is 60.1 Å². The number of hydrogen-bond donors (Lipinski definition) is 0. The van der Waals surface area contributed by atoms with E-state index in [1.54, 1.807) is 0 Å². The maximum atomic E-state index is 13.0. The van der Waals surface area contributed by atoms with Gasteiger partial charge in [0.2, 0.25) is 5.91 Å². The number of rotatable bonds is 3. The summed E-state index contributed by atoms with van der Waals surface area (Å²) in [6.07, 6.45) is 6.73. The summed E-state index contributed by atoms with van der Waals surface area (Å²) in [6.45, 7) is 6.48. The lowest BCUT2D eigenvalue weighted by atomic mass is 9.93. The standard InChI is InChI=1S/C21H27BrN4O/c1-21(2,3)19-13-25(24-23-19)17-11-15-8-9-16(12-17)26(15)20(27)10-14-6-4-5-7-18(14)22/h4-7,13,15-17H,8-12H2,1-3H3. The van der Waals surface area contributed by atoms with E-state index in [-0.39, 0.29) is 11.3 Å². The number of piperidine rings is 1. The summed E-state index contributed by atoms with van der Waals surface area (Å²) in [6, 6.07) is 9.00. The highest BCUT2D eigenvalue weighted by molar-refractivity contribution is 9.10. The molecule has 0 saturated carbocycles. The second kappa shape index (κ2) is 7.04. The first-order chi connectivity index (χ1) is 12.8. The van der Waals surface area contributed by atoms with Crippen LogP contribution in [0.15, 0.2) is 34.9 Å². The van der Waals surface area contributed by atoms with Gasteiger partial charge in [-0.15, -0.1) is 5.10 Å². The lowest BCUT2D eigenvalue weighted by Gasteiger charge is -2.39. The van der Waals surface area contributed by atoms with Gasteiger partial charge in [0.05, 0.1) is 18.2 Å². The molecular weight excluding hydrogens is 404 g/mol. The van der Waals surface area contributed by atoms with E-state index < -0.39 is 0 Å². The predicted molar refractivity (Wildman–Crippen MR) is 108 cm³/mol. The van der Waals surface area contributed by atoms with Gasteiger partial charge in [-0.25, -0.2) is 4.68 Å². The summed E-state index contributed by atoms with van der Waals surface area (Å²) >= 11 is 3.56. The Kier molecular flexibility index (Phi) is 4.87. The third-order valence-electron chi connectivity index (χ3n) is 5.95. The molecule has 2 saturated heterocycles. The van der Waals surface area contributed by atoms with Crippen molar-refractivity contribution in [2.75, 3.05) is 0 Å². The maximum Gasteiger partial charge on any atom is 0.227 e. The molecule has 2 fully saturated rings. The van der Waals surface area contributed by atoms with Gasteiger partial charge in [-0.05, 0) is 37.3 Å². The SMILES string of the molecule is CC(C)(C)c1cn(C2CC3CCC(C2)N3C(=O)Cc2ccccc2Br)nn1. The van der Waals surface area contributed by atoms with Crippen molar-refractivity contribution in [3.63, 3.8) is 0 Å². The van der Waals surface area contributed by atoms with E-state index in [9.17, 15) is 4.79 Å². The van der Waals surface area contributed by atoms with Crippen molar-refractivity contribution in [2.45, 2.75) is 76.4 Å². The second-order valence-electron chi connectivity index (χ2n) is 8.91. The Morgan fingerprint density at radius 1 is 1.15 bits per heavy atom. The van der Waals surface area contributed by atoms with Gasteiger partial charge in [-0.2, -0.15) is 0 Å². The number of halogens is 1. The first-order valence-electron chi connectivity index (χ1n) is 9.80. The van der Waals surface area contributed by atoms with E-state index in [1.165, 1.54) is 0 Å². The first-order valence-corrected chi connectivity index (χ1v) is 10.6. The molecule has 2 aromatic rings. The number of aromatic nitrogens is 3. The molecule has 6 heteroatoms. The molecular formula is C21H27BrN4O. The normalized spacial score (nSPS) is 25.0. The average Bonchev–Trinajstić information content (AvgIpc) is 3.20. The molecule has 0 N–H and O–H groups in total. The fourth-order valence-corrected chi connectivity index (χ4v) is 4.89. The largest absolute Gasteiger partial charge is 0.336 e. The Morgan fingerprint density at radius 3 is 2.41 bits per heavy atom. The third-order valence-corrected chi connectivity index (χ3v) is 6.72. The maximum absolute atomic E-state index is 13.0. The number of carbonyl (C=O) groups excluding carboxylic acids is 1. The zero-order chi connectivity index (χ0) is 19.2. The minimum Gasteiger partial charge on any atom is -0.336 e. The van der Waals surface area contributed by atoms with Crippen LogP contribution in [0.4, 0.5) is 0 Å². The monoisotopic (exact) mass is 430 g/mol. The van der Waals surface area contributed by atoms with Crippen molar-refractivity contribution >= 4 is 21.8 Å².